The smallest absolute Gasteiger partial charge is 0.356 e. The van der Waals surface area contributed by atoms with Crippen molar-refractivity contribution in [2.75, 3.05) is 16.6 Å². The van der Waals surface area contributed by atoms with Crippen LogP contribution in [0, 0.1) is 0 Å². The number of sulfonamides is 1. The summed E-state index contributed by atoms with van der Waals surface area (Å²) in [4.78, 5) is 15.6. The van der Waals surface area contributed by atoms with Crippen molar-refractivity contribution in [3.63, 3.8) is 0 Å². The van der Waals surface area contributed by atoms with Crippen LogP contribution in [0.5, 0.6) is 0 Å². The molecule has 2 heterocycles. The summed E-state index contributed by atoms with van der Waals surface area (Å²) in [5.74, 6) is -0.716. The molecule has 9 heteroatoms. The Bertz CT molecular complexity index is 800. The van der Waals surface area contributed by atoms with Crippen molar-refractivity contribution < 1.29 is 18.3 Å². The zero-order chi connectivity index (χ0) is 15.0. The number of aromatic nitrogens is 1. The van der Waals surface area contributed by atoms with Crippen LogP contribution in [0.3, 0.4) is 0 Å². The molecule has 0 spiro atoms. The second kappa shape index (κ2) is 5.32. The van der Waals surface area contributed by atoms with Gasteiger partial charge >= 0.3 is 5.97 Å². The second-order valence-corrected chi connectivity index (χ2v) is 8.24. The number of nitrogens with zero attached hydrogens (tertiary/aromatic N) is 2. The highest BCUT2D eigenvalue weighted by Gasteiger charge is 2.34. The third-order valence-corrected chi connectivity index (χ3v) is 7.15. The van der Waals surface area contributed by atoms with E-state index in [2.05, 4.69) is 4.98 Å². The molecule has 3 rings (SSSR count). The molecule has 110 valence electrons. The van der Waals surface area contributed by atoms with Gasteiger partial charge in [-0.1, -0.05) is 12.1 Å². The fourth-order valence-electron chi connectivity index (χ4n) is 2.05. The van der Waals surface area contributed by atoms with Crippen LogP contribution in [0.1, 0.15) is 10.5 Å². The first-order valence-electron chi connectivity index (χ1n) is 5.93. The molecular weight excluding hydrogens is 332 g/mol. The highest BCUT2D eigenvalue weighted by atomic mass is 32.2. The van der Waals surface area contributed by atoms with Gasteiger partial charge in [-0.05, 0) is 12.1 Å². The van der Waals surface area contributed by atoms with E-state index in [1.807, 2.05) is 12.1 Å². The van der Waals surface area contributed by atoms with E-state index in [-0.39, 0.29) is 4.21 Å². The molecule has 0 aliphatic carbocycles. The van der Waals surface area contributed by atoms with E-state index in [0.29, 0.717) is 18.0 Å². The highest BCUT2D eigenvalue weighted by Crippen LogP contribution is 2.38. The third-order valence-electron chi connectivity index (χ3n) is 2.95. The first kappa shape index (κ1) is 14.4. The summed E-state index contributed by atoms with van der Waals surface area (Å²) >= 11 is 2.41. The summed E-state index contributed by atoms with van der Waals surface area (Å²) in [6.07, 6.45) is 0. The zero-order valence-corrected chi connectivity index (χ0v) is 13.0. The van der Waals surface area contributed by atoms with Crippen molar-refractivity contribution >= 4 is 44.8 Å². The molecule has 1 N–H and O–H groups in total. The first-order valence-corrected chi connectivity index (χ1v) is 9.23. The molecule has 0 bridgehead atoms. The number of hydrogen-bond acceptors (Lipinski definition) is 6. The van der Waals surface area contributed by atoms with Gasteiger partial charge in [0.05, 0.1) is 11.2 Å². The predicted molar refractivity (Wildman–Crippen MR) is 80.8 cm³/mol. The average Bonchev–Trinajstić information content (AvgIpc) is 2.97. The monoisotopic (exact) mass is 342 g/mol. The molecule has 1 aromatic heterocycles. The number of fused-ring (bicyclic) bond motifs is 1. The van der Waals surface area contributed by atoms with Crippen molar-refractivity contribution in [2.45, 2.75) is 9.10 Å². The summed E-state index contributed by atoms with van der Waals surface area (Å²) in [6, 6.07) is 7.18. The molecule has 1 aromatic carbocycles. The van der Waals surface area contributed by atoms with Gasteiger partial charge in [-0.2, -0.15) is 0 Å². The van der Waals surface area contributed by atoms with Gasteiger partial charge in [-0.25, -0.2) is 18.2 Å². The Morgan fingerprint density at radius 2 is 2.10 bits per heavy atom. The van der Waals surface area contributed by atoms with E-state index in [4.69, 9.17) is 5.11 Å². The van der Waals surface area contributed by atoms with Gasteiger partial charge in [0, 0.05) is 17.2 Å². The molecule has 0 saturated carbocycles. The second-order valence-electron chi connectivity index (χ2n) is 4.19. The van der Waals surface area contributed by atoms with Crippen molar-refractivity contribution in [2.24, 2.45) is 0 Å². The first-order chi connectivity index (χ1) is 10.0. The van der Waals surface area contributed by atoms with Crippen LogP contribution < -0.4 is 4.31 Å². The molecule has 0 fully saturated rings. The number of carboxylic acid groups (broad SMARTS) is 1. The van der Waals surface area contributed by atoms with Gasteiger partial charge in [0.2, 0.25) is 0 Å². The average molecular weight is 342 g/mol. The Labute approximate surface area is 129 Å². The lowest BCUT2D eigenvalue weighted by atomic mass is 10.3. The van der Waals surface area contributed by atoms with Gasteiger partial charge in [0.1, 0.15) is 0 Å². The number of thioether (sulfide) groups is 1. The van der Waals surface area contributed by atoms with E-state index < -0.39 is 21.7 Å². The Hall–Kier alpha value is -1.58. The van der Waals surface area contributed by atoms with Crippen molar-refractivity contribution in [3.8, 4) is 0 Å². The van der Waals surface area contributed by atoms with Gasteiger partial charge < -0.3 is 5.11 Å². The van der Waals surface area contributed by atoms with E-state index >= 15 is 0 Å². The van der Waals surface area contributed by atoms with Crippen LogP contribution >= 0.6 is 23.1 Å². The van der Waals surface area contributed by atoms with Crippen molar-refractivity contribution in [3.05, 3.63) is 35.5 Å². The van der Waals surface area contributed by atoms with Crippen LogP contribution in [0.15, 0.2) is 38.9 Å². The summed E-state index contributed by atoms with van der Waals surface area (Å²) in [5, 5.41) is 9.07. The number of benzene rings is 1. The lowest BCUT2D eigenvalue weighted by Crippen LogP contribution is -2.35. The van der Waals surface area contributed by atoms with Crippen molar-refractivity contribution in [1.82, 2.24) is 4.98 Å². The molecule has 2 aromatic rings. The van der Waals surface area contributed by atoms with Crippen LogP contribution in [0.25, 0.3) is 0 Å². The molecule has 0 saturated heterocycles. The minimum Gasteiger partial charge on any atom is -0.476 e. The van der Waals surface area contributed by atoms with Crippen molar-refractivity contribution in [1.29, 1.82) is 0 Å². The number of carboxylic acids is 1. The van der Waals surface area contributed by atoms with Crippen LogP contribution in [-0.4, -0.2) is 36.8 Å². The minimum absolute atomic E-state index is 0.225. The summed E-state index contributed by atoms with van der Waals surface area (Å²) < 4.78 is 26.6. The summed E-state index contributed by atoms with van der Waals surface area (Å²) in [5.41, 5.74) is 1.40. The number of thiazole rings is 1. The van der Waals surface area contributed by atoms with E-state index in [1.54, 1.807) is 23.9 Å². The highest BCUT2D eigenvalue weighted by molar-refractivity contribution is 8.00. The maximum absolute atomic E-state index is 12.8. The SMILES string of the molecule is O=C(O)c1ncsc1S(=O)(=O)N1CCSc2ccccc21. The number of aromatic carboxylic acids is 1. The quantitative estimate of drug-likeness (QED) is 0.919. The molecule has 1 aliphatic heterocycles. The predicted octanol–water partition coefficient (Wildman–Crippen LogP) is 2.14. The number of para-hydroxylation sites is 1. The maximum Gasteiger partial charge on any atom is 0.356 e. The summed E-state index contributed by atoms with van der Waals surface area (Å²) in [7, 11) is -3.91. The Kier molecular flexibility index (Phi) is 3.64. The molecule has 21 heavy (non-hydrogen) atoms. The van der Waals surface area contributed by atoms with Crippen LogP contribution in [0.4, 0.5) is 5.69 Å². The van der Waals surface area contributed by atoms with E-state index in [0.717, 1.165) is 16.2 Å². The molecule has 0 amide bonds. The zero-order valence-electron chi connectivity index (χ0n) is 10.6. The maximum atomic E-state index is 12.8. The lowest BCUT2D eigenvalue weighted by molar-refractivity contribution is 0.0687. The van der Waals surface area contributed by atoms with Gasteiger partial charge in [-0.15, -0.1) is 23.1 Å². The Morgan fingerprint density at radius 1 is 1.33 bits per heavy atom. The summed E-state index contributed by atoms with van der Waals surface area (Å²) in [6.45, 7) is 0.307. The largest absolute Gasteiger partial charge is 0.476 e. The standard InChI is InChI=1S/C12H10N2O4S3/c15-11(16)10-12(20-7-13-10)21(17,18)14-5-6-19-9-4-2-1-3-8(9)14/h1-4,7H,5-6H2,(H,15,16). The Balaban J connectivity index is 2.12. The molecule has 0 unspecified atom stereocenters. The fourth-order valence-corrected chi connectivity index (χ4v) is 5.95. The fraction of sp³-hybridized carbons (Fsp3) is 0.167. The topological polar surface area (TPSA) is 87.6 Å². The van der Waals surface area contributed by atoms with Gasteiger partial charge in [0.15, 0.2) is 9.90 Å². The van der Waals surface area contributed by atoms with Gasteiger partial charge in [0.25, 0.3) is 10.0 Å². The Morgan fingerprint density at radius 3 is 2.86 bits per heavy atom. The number of anilines is 1. The molecule has 0 atom stereocenters. The third kappa shape index (κ3) is 2.41. The lowest BCUT2D eigenvalue weighted by Gasteiger charge is -2.29. The molecular formula is C12H10N2O4S3. The number of rotatable bonds is 3. The van der Waals surface area contributed by atoms with Crippen LogP contribution in [0.2, 0.25) is 0 Å². The molecule has 1 aliphatic rings. The normalized spacial score (nSPS) is 14.8. The number of hydrogen-bond donors (Lipinski definition) is 1. The van der Waals surface area contributed by atoms with Gasteiger partial charge in [-0.3, -0.25) is 4.31 Å². The number of carbonyl (C=O) groups is 1. The van der Waals surface area contributed by atoms with E-state index in [9.17, 15) is 13.2 Å². The molecule has 0 radical (unpaired) electrons. The van der Waals surface area contributed by atoms with E-state index in [1.165, 1.54) is 9.82 Å². The van der Waals surface area contributed by atoms with Crippen LogP contribution in [-0.2, 0) is 10.0 Å². The molecule has 6 nitrogen and oxygen atoms in total. The minimum atomic E-state index is -3.91.